The molecule has 18 heavy (non-hydrogen) atoms. The molecule has 92 valence electrons. The molecule has 5 N–H and O–H groups in total. The molecule has 1 aromatic carbocycles. The van der Waals surface area contributed by atoms with Gasteiger partial charge in [-0.25, -0.2) is 0 Å². The van der Waals surface area contributed by atoms with Gasteiger partial charge in [0.05, 0.1) is 28.8 Å². The maximum absolute atomic E-state index is 11.2. The Hall–Kier alpha value is -2.56. The summed E-state index contributed by atoms with van der Waals surface area (Å²) < 4.78 is 0. The van der Waals surface area contributed by atoms with Gasteiger partial charge in [0.1, 0.15) is 0 Å². The first kappa shape index (κ1) is 11.9. The quantitative estimate of drug-likeness (QED) is 0.715. The standard InChI is InChI=1S/C13H14N4O/c1-8-5-6-9(7-16-8)17-11-4-2-3-10(12(11)14)13(15)18/h2-7,17H,14H2,1H3,(H2,15,18). The number of primary amides is 1. The summed E-state index contributed by atoms with van der Waals surface area (Å²) in [6.45, 7) is 1.91. The fourth-order valence-electron chi connectivity index (χ4n) is 1.59. The Morgan fingerprint density at radius 3 is 2.67 bits per heavy atom. The highest BCUT2D eigenvalue weighted by Crippen LogP contribution is 2.25. The number of nitrogens with one attached hydrogen (secondary N) is 1. The number of pyridine rings is 1. The van der Waals surface area contributed by atoms with Crippen molar-refractivity contribution in [2.45, 2.75) is 6.92 Å². The highest BCUT2D eigenvalue weighted by Gasteiger charge is 2.09. The van der Waals surface area contributed by atoms with Crippen molar-refractivity contribution in [2.75, 3.05) is 11.1 Å². The van der Waals surface area contributed by atoms with E-state index >= 15 is 0 Å². The molecule has 0 spiro atoms. The number of aryl methyl sites for hydroxylation is 1. The highest BCUT2D eigenvalue weighted by atomic mass is 16.1. The molecular formula is C13H14N4O. The van der Waals surface area contributed by atoms with Crippen LogP contribution in [0.3, 0.4) is 0 Å². The van der Waals surface area contributed by atoms with E-state index in [-0.39, 0.29) is 0 Å². The lowest BCUT2D eigenvalue weighted by Gasteiger charge is -2.11. The van der Waals surface area contributed by atoms with Crippen molar-refractivity contribution in [1.29, 1.82) is 0 Å². The van der Waals surface area contributed by atoms with Crippen molar-refractivity contribution in [2.24, 2.45) is 5.73 Å². The Labute approximate surface area is 105 Å². The van der Waals surface area contributed by atoms with Crippen LogP contribution in [0.15, 0.2) is 36.5 Å². The fraction of sp³-hybridized carbons (Fsp3) is 0.0769. The zero-order valence-corrected chi connectivity index (χ0v) is 9.97. The number of carbonyl (C=O) groups is 1. The third kappa shape index (κ3) is 2.40. The van der Waals surface area contributed by atoms with E-state index < -0.39 is 5.91 Å². The zero-order chi connectivity index (χ0) is 13.1. The van der Waals surface area contributed by atoms with Crippen LogP contribution >= 0.6 is 0 Å². The van der Waals surface area contributed by atoms with Crippen molar-refractivity contribution < 1.29 is 4.79 Å². The lowest BCUT2D eigenvalue weighted by atomic mass is 10.1. The molecule has 1 heterocycles. The lowest BCUT2D eigenvalue weighted by Crippen LogP contribution is -2.14. The molecule has 1 amide bonds. The summed E-state index contributed by atoms with van der Waals surface area (Å²) in [5.74, 6) is -0.543. The predicted octanol–water partition coefficient (Wildman–Crippen LogP) is 1.81. The smallest absolute Gasteiger partial charge is 0.250 e. The van der Waals surface area contributed by atoms with Crippen LogP contribution in [0, 0.1) is 6.92 Å². The molecule has 1 aromatic heterocycles. The van der Waals surface area contributed by atoms with Gasteiger partial charge in [0.2, 0.25) is 0 Å². The number of nitrogens with two attached hydrogens (primary N) is 2. The van der Waals surface area contributed by atoms with Gasteiger partial charge in [0, 0.05) is 5.69 Å². The van der Waals surface area contributed by atoms with Crippen LogP contribution in [0.4, 0.5) is 17.1 Å². The van der Waals surface area contributed by atoms with Gasteiger partial charge >= 0.3 is 0 Å². The number of nitrogen functional groups attached to an aromatic ring is 1. The topological polar surface area (TPSA) is 94.0 Å². The number of amides is 1. The third-order valence-electron chi connectivity index (χ3n) is 2.56. The molecular weight excluding hydrogens is 228 g/mol. The summed E-state index contributed by atoms with van der Waals surface area (Å²) in [4.78, 5) is 15.3. The maximum Gasteiger partial charge on any atom is 0.250 e. The predicted molar refractivity (Wildman–Crippen MR) is 71.6 cm³/mol. The van der Waals surface area contributed by atoms with E-state index in [4.69, 9.17) is 11.5 Å². The number of anilines is 3. The second-order valence-electron chi connectivity index (χ2n) is 3.94. The average Bonchev–Trinajstić information content (AvgIpc) is 2.34. The summed E-state index contributed by atoms with van der Waals surface area (Å²) in [6, 6.07) is 8.87. The zero-order valence-electron chi connectivity index (χ0n) is 9.97. The molecule has 0 saturated heterocycles. The first-order chi connectivity index (χ1) is 8.58. The summed E-state index contributed by atoms with van der Waals surface area (Å²) in [7, 11) is 0. The fourth-order valence-corrected chi connectivity index (χ4v) is 1.59. The Bertz CT molecular complexity index is 578. The maximum atomic E-state index is 11.2. The number of carbonyl (C=O) groups excluding carboxylic acids is 1. The molecule has 0 saturated carbocycles. The van der Waals surface area contributed by atoms with Gasteiger partial charge in [-0.3, -0.25) is 9.78 Å². The number of para-hydroxylation sites is 1. The Morgan fingerprint density at radius 1 is 1.28 bits per heavy atom. The van der Waals surface area contributed by atoms with Gasteiger partial charge < -0.3 is 16.8 Å². The van der Waals surface area contributed by atoms with Crippen LogP contribution in [0.1, 0.15) is 16.1 Å². The van der Waals surface area contributed by atoms with Crippen molar-refractivity contribution in [3.63, 3.8) is 0 Å². The van der Waals surface area contributed by atoms with Gasteiger partial charge in [-0.15, -0.1) is 0 Å². The number of aromatic nitrogens is 1. The first-order valence-corrected chi connectivity index (χ1v) is 5.46. The van der Waals surface area contributed by atoms with Gasteiger partial charge in [0.25, 0.3) is 5.91 Å². The largest absolute Gasteiger partial charge is 0.396 e. The summed E-state index contributed by atoms with van der Waals surface area (Å²) in [5, 5.41) is 3.10. The summed E-state index contributed by atoms with van der Waals surface area (Å²) in [6.07, 6.45) is 1.70. The second-order valence-corrected chi connectivity index (χ2v) is 3.94. The molecule has 5 nitrogen and oxygen atoms in total. The first-order valence-electron chi connectivity index (χ1n) is 5.46. The van der Waals surface area contributed by atoms with E-state index in [9.17, 15) is 4.79 Å². The summed E-state index contributed by atoms with van der Waals surface area (Å²) in [5.41, 5.74) is 14.1. The van der Waals surface area contributed by atoms with E-state index in [1.54, 1.807) is 24.4 Å². The molecule has 2 rings (SSSR count). The SMILES string of the molecule is Cc1ccc(Nc2cccc(C(N)=O)c2N)cn1. The molecule has 0 aliphatic heterocycles. The number of hydrogen-bond donors (Lipinski definition) is 3. The Morgan fingerprint density at radius 2 is 2.06 bits per heavy atom. The number of rotatable bonds is 3. The molecule has 0 aliphatic carbocycles. The lowest BCUT2D eigenvalue weighted by molar-refractivity contribution is 0.100. The molecule has 0 fully saturated rings. The Balaban J connectivity index is 2.32. The Kier molecular flexibility index (Phi) is 3.14. The third-order valence-corrected chi connectivity index (χ3v) is 2.56. The second kappa shape index (κ2) is 4.75. The van der Waals surface area contributed by atoms with Crippen LogP contribution in [0.2, 0.25) is 0 Å². The normalized spacial score (nSPS) is 10.1. The molecule has 5 heteroatoms. The van der Waals surface area contributed by atoms with E-state index in [2.05, 4.69) is 10.3 Å². The summed E-state index contributed by atoms with van der Waals surface area (Å²) >= 11 is 0. The van der Waals surface area contributed by atoms with Crippen LogP contribution in [-0.2, 0) is 0 Å². The number of benzene rings is 1. The van der Waals surface area contributed by atoms with Crippen molar-refractivity contribution in [1.82, 2.24) is 4.98 Å². The molecule has 0 bridgehead atoms. The minimum absolute atomic E-state index is 0.306. The average molecular weight is 242 g/mol. The number of hydrogen-bond acceptors (Lipinski definition) is 4. The van der Waals surface area contributed by atoms with E-state index in [0.29, 0.717) is 16.9 Å². The monoisotopic (exact) mass is 242 g/mol. The van der Waals surface area contributed by atoms with Crippen molar-refractivity contribution >= 4 is 23.0 Å². The van der Waals surface area contributed by atoms with E-state index in [1.165, 1.54) is 0 Å². The van der Waals surface area contributed by atoms with Crippen LogP contribution in [0.25, 0.3) is 0 Å². The molecule has 0 atom stereocenters. The molecule has 0 unspecified atom stereocenters. The molecule has 0 aliphatic rings. The minimum Gasteiger partial charge on any atom is -0.396 e. The van der Waals surface area contributed by atoms with Crippen LogP contribution in [0.5, 0.6) is 0 Å². The van der Waals surface area contributed by atoms with E-state index in [1.807, 2.05) is 19.1 Å². The van der Waals surface area contributed by atoms with Crippen LogP contribution < -0.4 is 16.8 Å². The highest BCUT2D eigenvalue weighted by molar-refractivity contribution is 6.01. The minimum atomic E-state index is -0.543. The van der Waals surface area contributed by atoms with E-state index in [0.717, 1.165) is 11.4 Å². The van der Waals surface area contributed by atoms with Gasteiger partial charge in [-0.2, -0.15) is 0 Å². The van der Waals surface area contributed by atoms with Crippen LogP contribution in [-0.4, -0.2) is 10.9 Å². The molecule has 2 aromatic rings. The van der Waals surface area contributed by atoms with Gasteiger partial charge in [-0.05, 0) is 31.2 Å². The molecule has 0 radical (unpaired) electrons. The van der Waals surface area contributed by atoms with Gasteiger partial charge in [-0.1, -0.05) is 6.07 Å². The number of nitrogens with zero attached hydrogens (tertiary/aromatic N) is 1. The van der Waals surface area contributed by atoms with Crippen molar-refractivity contribution in [3.05, 3.63) is 47.8 Å². The van der Waals surface area contributed by atoms with Gasteiger partial charge in [0.15, 0.2) is 0 Å². The van der Waals surface area contributed by atoms with Crippen molar-refractivity contribution in [3.8, 4) is 0 Å².